The lowest BCUT2D eigenvalue weighted by Gasteiger charge is -2.22. The van der Waals surface area contributed by atoms with Crippen LogP contribution in [0.3, 0.4) is 0 Å². The van der Waals surface area contributed by atoms with Crippen LogP contribution in [-0.2, 0) is 21.4 Å². The van der Waals surface area contributed by atoms with Crippen LogP contribution >= 0.6 is 23.2 Å². The first-order chi connectivity index (χ1) is 14.3. The van der Waals surface area contributed by atoms with Gasteiger partial charge in [0.05, 0.1) is 11.4 Å². The van der Waals surface area contributed by atoms with Gasteiger partial charge < -0.3 is 5.32 Å². The van der Waals surface area contributed by atoms with Crippen LogP contribution in [0.25, 0.3) is 0 Å². The molecule has 0 atom stereocenters. The van der Waals surface area contributed by atoms with Crippen molar-refractivity contribution in [1.82, 2.24) is 4.31 Å². The maximum absolute atomic E-state index is 13.2. The van der Waals surface area contributed by atoms with E-state index in [0.29, 0.717) is 16.3 Å². The summed E-state index contributed by atoms with van der Waals surface area (Å²) in [5.41, 5.74) is 0.845. The highest BCUT2D eigenvalue weighted by Gasteiger charge is 2.27. The third kappa shape index (κ3) is 5.58. The number of hydrogen-bond acceptors (Lipinski definition) is 3. The molecular weight excluding hydrogens is 450 g/mol. The molecule has 0 aromatic heterocycles. The molecule has 0 radical (unpaired) electrons. The van der Waals surface area contributed by atoms with E-state index in [2.05, 4.69) is 5.32 Å². The van der Waals surface area contributed by atoms with Crippen LogP contribution in [0.2, 0.25) is 10.0 Å². The van der Waals surface area contributed by atoms with Gasteiger partial charge in [0.1, 0.15) is 5.82 Å². The molecule has 30 heavy (non-hydrogen) atoms. The summed E-state index contributed by atoms with van der Waals surface area (Å²) in [4.78, 5) is 12.6. The molecule has 9 heteroatoms. The van der Waals surface area contributed by atoms with Crippen molar-refractivity contribution >= 4 is 44.8 Å². The third-order valence-corrected chi connectivity index (χ3v) is 6.58. The summed E-state index contributed by atoms with van der Waals surface area (Å²) in [7, 11) is -4.00. The normalized spacial score (nSPS) is 11.5. The van der Waals surface area contributed by atoms with Gasteiger partial charge in [0, 0.05) is 22.3 Å². The van der Waals surface area contributed by atoms with Crippen LogP contribution in [0, 0.1) is 5.82 Å². The van der Waals surface area contributed by atoms with Gasteiger partial charge in [-0.05, 0) is 54.1 Å². The second kappa shape index (κ2) is 9.57. The standard InChI is InChI=1S/C21H17Cl2FN2O3S/c22-16-7-6-15(20(23)12-16)13-26(30(28,29)19-4-2-1-3-5-19)14-21(27)25-18-10-8-17(24)9-11-18/h1-12H,13-14H2,(H,25,27). The zero-order valence-corrected chi connectivity index (χ0v) is 17.9. The Labute approximate surface area is 184 Å². The fourth-order valence-corrected chi connectivity index (χ4v) is 4.56. The second-order valence-electron chi connectivity index (χ2n) is 6.38. The number of amides is 1. The Kier molecular flexibility index (Phi) is 7.10. The summed E-state index contributed by atoms with van der Waals surface area (Å²) in [6.07, 6.45) is 0. The zero-order valence-electron chi connectivity index (χ0n) is 15.6. The van der Waals surface area contributed by atoms with Crippen molar-refractivity contribution in [1.29, 1.82) is 0 Å². The van der Waals surface area contributed by atoms with E-state index < -0.39 is 28.3 Å². The van der Waals surface area contributed by atoms with Crippen molar-refractivity contribution in [3.05, 3.63) is 94.2 Å². The lowest BCUT2D eigenvalue weighted by molar-refractivity contribution is -0.116. The molecule has 0 unspecified atom stereocenters. The van der Waals surface area contributed by atoms with E-state index in [-0.39, 0.29) is 16.5 Å². The Hall–Kier alpha value is -2.45. The Balaban J connectivity index is 1.88. The lowest BCUT2D eigenvalue weighted by atomic mass is 10.2. The van der Waals surface area contributed by atoms with Crippen LogP contribution in [0.1, 0.15) is 5.56 Å². The summed E-state index contributed by atoms with van der Waals surface area (Å²) >= 11 is 12.1. The first kappa shape index (κ1) is 22.2. The highest BCUT2D eigenvalue weighted by molar-refractivity contribution is 7.89. The van der Waals surface area contributed by atoms with E-state index in [1.165, 1.54) is 42.5 Å². The summed E-state index contributed by atoms with van der Waals surface area (Å²) in [5, 5.41) is 3.27. The number of anilines is 1. The molecule has 5 nitrogen and oxygen atoms in total. The minimum Gasteiger partial charge on any atom is -0.325 e. The van der Waals surface area contributed by atoms with Gasteiger partial charge in [-0.15, -0.1) is 0 Å². The van der Waals surface area contributed by atoms with Gasteiger partial charge in [0.2, 0.25) is 15.9 Å². The van der Waals surface area contributed by atoms with E-state index >= 15 is 0 Å². The molecule has 3 rings (SSSR count). The average Bonchev–Trinajstić information content (AvgIpc) is 2.71. The Morgan fingerprint density at radius 2 is 1.63 bits per heavy atom. The smallest absolute Gasteiger partial charge is 0.243 e. The minimum atomic E-state index is -4.00. The predicted octanol–water partition coefficient (Wildman–Crippen LogP) is 4.96. The SMILES string of the molecule is O=C(CN(Cc1ccc(Cl)cc1Cl)S(=O)(=O)c1ccccc1)Nc1ccc(F)cc1. The topological polar surface area (TPSA) is 66.5 Å². The van der Waals surface area contributed by atoms with Crippen molar-refractivity contribution in [3.8, 4) is 0 Å². The number of halogens is 3. The highest BCUT2D eigenvalue weighted by atomic mass is 35.5. The first-order valence-electron chi connectivity index (χ1n) is 8.80. The van der Waals surface area contributed by atoms with Gasteiger partial charge in [-0.1, -0.05) is 47.5 Å². The first-order valence-corrected chi connectivity index (χ1v) is 11.0. The van der Waals surface area contributed by atoms with E-state index in [4.69, 9.17) is 23.2 Å². The van der Waals surface area contributed by atoms with Gasteiger partial charge in [0.25, 0.3) is 0 Å². The fourth-order valence-electron chi connectivity index (χ4n) is 2.70. The van der Waals surface area contributed by atoms with Gasteiger partial charge in [-0.3, -0.25) is 4.79 Å². The summed E-state index contributed by atoms with van der Waals surface area (Å²) in [5.74, 6) is -1.02. The van der Waals surface area contributed by atoms with Crippen LogP contribution in [0.4, 0.5) is 10.1 Å². The quantitative estimate of drug-likeness (QED) is 0.534. The summed E-state index contributed by atoms with van der Waals surface area (Å²) in [6, 6.07) is 17.7. The molecule has 1 N–H and O–H groups in total. The predicted molar refractivity (Wildman–Crippen MR) is 116 cm³/mol. The minimum absolute atomic E-state index is 0.0460. The van der Waals surface area contributed by atoms with Crippen molar-refractivity contribution < 1.29 is 17.6 Å². The van der Waals surface area contributed by atoms with Gasteiger partial charge >= 0.3 is 0 Å². The largest absolute Gasteiger partial charge is 0.325 e. The van der Waals surface area contributed by atoms with E-state index in [1.807, 2.05) is 0 Å². The Morgan fingerprint density at radius 3 is 2.27 bits per heavy atom. The maximum atomic E-state index is 13.2. The van der Waals surface area contributed by atoms with E-state index in [9.17, 15) is 17.6 Å². The number of carbonyl (C=O) groups is 1. The Bertz CT molecular complexity index is 1140. The summed E-state index contributed by atoms with van der Waals surface area (Å²) < 4.78 is 40.4. The number of sulfonamides is 1. The lowest BCUT2D eigenvalue weighted by Crippen LogP contribution is -2.37. The molecule has 0 saturated carbocycles. The van der Waals surface area contributed by atoms with E-state index in [1.54, 1.807) is 30.3 Å². The molecule has 3 aromatic rings. The number of hydrogen-bond donors (Lipinski definition) is 1. The maximum Gasteiger partial charge on any atom is 0.243 e. The monoisotopic (exact) mass is 466 g/mol. The molecule has 0 saturated heterocycles. The number of nitrogens with one attached hydrogen (secondary N) is 1. The molecule has 0 aliphatic rings. The highest BCUT2D eigenvalue weighted by Crippen LogP contribution is 2.25. The van der Waals surface area contributed by atoms with Crippen molar-refractivity contribution in [3.63, 3.8) is 0 Å². The molecule has 156 valence electrons. The molecule has 0 heterocycles. The third-order valence-electron chi connectivity index (χ3n) is 4.19. The molecule has 1 amide bonds. The average molecular weight is 467 g/mol. The number of rotatable bonds is 7. The second-order valence-corrected chi connectivity index (χ2v) is 9.16. The van der Waals surface area contributed by atoms with E-state index in [0.717, 1.165) is 4.31 Å². The van der Waals surface area contributed by atoms with Crippen molar-refractivity contribution in [2.75, 3.05) is 11.9 Å². The molecular formula is C21H17Cl2FN2O3S. The molecule has 0 fully saturated rings. The zero-order chi connectivity index (χ0) is 21.7. The molecule has 0 aliphatic heterocycles. The number of carbonyl (C=O) groups excluding carboxylic acids is 1. The van der Waals surface area contributed by atoms with Crippen LogP contribution in [-0.4, -0.2) is 25.2 Å². The van der Waals surface area contributed by atoms with Gasteiger partial charge in [0.15, 0.2) is 0 Å². The van der Waals surface area contributed by atoms with Gasteiger partial charge in [-0.2, -0.15) is 4.31 Å². The van der Waals surface area contributed by atoms with Crippen molar-refractivity contribution in [2.45, 2.75) is 11.4 Å². The molecule has 0 aliphatic carbocycles. The molecule has 0 spiro atoms. The van der Waals surface area contributed by atoms with Crippen molar-refractivity contribution in [2.24, 2.45) is 0 Å². The fraction of sp³-hybridized carbons (Fsp3) is 0.0952. The number of nitrogens with zero attached hydrogens (tertiary/aromatic N) is 1. The molecule has 0 bridgehead atoms. The van der Waals surface area contributed by atoms with Crippen LogP contribution in [0.15, 0.2) is 77.7 Å². The van der Waals surface area contributed by atoms with Crippen LogP contribution < -0.4 is 5.32 Å². The number of benzene rings is 3. The Morgan fingerprint density at radius 1 is 0.967 bits per heavy atom. The van der Waals surface area contributed by atoms with Crippen LogP contribution in [0.5, 0.6) is 0 Å². The van der Waals surface area contributed by atoms with Gasteiger partial charge in [-0.25, -0.2) is 12.8 Å². The molecule has 3 aromatic carbocycles. The summed E-state index contributed by atoms with van der Waals surface area (Å²) in [6.45, 7) is -0.600.